The molecule has 0 amide bonds. The standard InChI is InChI=1S/C12H13N7O3S/c1-23(21,22)17-11-6-14-18(16-11)7-12(20)19-10-3-2-9(13)4-8(10)5-15-19/h2-6H,7,13H2,1H3,(H,16,17). The van der Waals surface area contributed by atoms with Gasteiger partial charge in [-0.25, -0.2) is 8.42 Å². The topological polar surface area (TPSA) is 138 Å². The van der Waals surface area contributed by atoms with E-state index < -0.39 is 10.0 Å². The van der Waals surface area contributed by atoms with Gasteiger partial charge in [0, 0.05) is 11.1 Å². The summed E-state index contributed by atoms with van der Waals surface area (Å²) in [6.07, 6.45) is 3.76. The van der Waals surface area contributed by atoms with Crippen molar-refractivity contribution < 1.29 is 13.2 Å². The van der Waals surface area contributed by atoms with E-state index in [0.717, 1.165) is 16.4 Å². The number of nitrogen functional groups attached to an aromatic ring is 1. The Morgan fingerprint density at radius 2 is 2.09 bits per heavy atom. The van der Waals surface area contributed by atoms with Crippen molar-refractivity contribution in [1.29, 1.82) is 0 Å². The maximum absolute atomic E-state index is 12.3. The Morgan fingerprint density at radius 3 is 2.83 bits per heavy atom. The third-order valence-corrected chi connectivity index (χ3v) is 3.51. The zero-order valence-corrected chi connectivity index (χ0v) is 12.9. The first-order valence-corrected chi connectivity index (χ1v) is 8.35. The molecule has 3 N–H and O–H groups in total. The van der Waals surface area contributed by atoms with E-state index in [4.69, 9.17) is 5.73 Å². The summed E-state index contributed by atoms with van der Waals surface area (Å²) < 4.78 is 25.6. The summed E-state index contributed by atoms with van der Waals surface area (Å²) in [5, 5.41) is 12.5. The largest absolute Gasteiger partial charge is 0.399 e. The van der Waals surface area contributed by atoms with Crippen LogP contribution in [0.25, 0.3) is 10.9 Å². The molecule has 0 saturated heterocycles. The third kappa shape index (κ3) is 3.29. The van der Waals surface area contributed by atoms with E-state index in [2.05, 4.69) is 20.0 Å². The molecule has 0 atom stereocenters. The molecular weight excluding hydrogens is 322 g/mol. The molecule has 2 heterocycles. The molecule has 120 valence electrons. The van der Waals surface area contributed by atoms with Gasteiger partial charge in [0.05, 0.1) is 24.2 Å². The smallest absolute Gasteiger partial charge is 0.270 e. The third-order valence-electron chi connectivity index (χ3n) is 2.93. The Bertz CT molecular complexity index is 989. The Labute approximate surface area is 130 Å². The average molecular weight is 335 g/mol. The number of sulfonamides is 1. The SMILES string of the molecule is CS(=O)(=O)Nc1cnn(CC(=O)n2ncc3cc(N)ccc32)n1. The minimum Gasteiger partial charge on any atom is -0.399 e. The number of hydrogen-bond donors (Lipinski definition) is 2. The highest BCUT2D eigenvalue weighted by molar-refractivity contribution is 7.92. The molecule has 0 spiro atoms. The Hall–Kier alpha value is -2.95. The van der Waals surface area contributed by atoms with Gasteiger partial charge in [-0.1, -0.05) is 0 Å². The van der Waals surface area contributed by atoms with Gasteiger partial charge in [0.1, 0.15) is 6.54 Å². The maximum Gasteiger partial charge on any atom is 0.270 e. The normalized spacial score (nSPS) is 11.7. The van der Waals surface area contributed by atoms with Gasteiger partial charge in [-0.3, -0.25) is 9.52 Å². The van der Waals surface area contributed by atoms with Crippen LogP contribution in [-0.4, -0.2) is 45.4 Å². The number of rotatable bonds is 4. The van der Waals surface area contributed by atoms with Gasteiger partial charge in [0.2, 0.25) is 10.0 Å². The molecule has 0 radical (unpaired) electrons. The quantitative estimate of drug-likeness (QED) is 0.636. The molecule has 2 aromatic heterocycles. The summed E-state index contributed by atoms with van der Waals surface area (Å²) in [4.78, 5) is 13.4. The summed E-state index contributed by atoms with van der Waals surface area (Å²) in [5.41, 5.74) is 6.88. The van der Waals surface area contributed by atoms with Gasteiger partial charge in [0.15, 0.2) is 5.82 Å². The molecule has 1 aromatic carbocycles. The number of carbonyl (C=O) groups is 1. The van der Waals surface area contributed by atoms with Crippen molar-refractivity contribution in [2.75, 3.05) is 16.7 Å². The molecule has 3 aromatic rings. The number of nitrogens with two attached hydrogens (primary N) is 1. The van der Waals surface area contributed by atoms with E-state index in [1.165, 1.54) is 17.1 Å². The molecule has 0 aliphatic carbocycles. The summed E-state index contributed by atoms with van der Waals surface area (Å²) in [7, 11) is -3.45. The summed E-state index contributed by atoms with van der Waals surface area (Å²) in [5.74, 6) is -0.329. The maximum atomic E-state index is 12.3. The molecular formula is C12H13N7O3S. The van der Waals surface area contributed by atoms with E-state index in [0.29, 0.717) is 11.2 Å². The fraction of sp³-hybridized carbons (Fsp3) is 0.167. The number of nitrogens with one attached hydrogen (secondary N) is 1. The van der Waals surface area contributed by atoms with E-state index >= 15 is 0 Å². The number of carbonyl (C=O) groups excluding carboxylic acids is 1. The van der Waals surface area contributed by atoms with Crippen LogP contribution in [0, 0.1) is 0 Å². The van der Waals surface area contributed by atoms with Gasteiger partial charge >= 0.3 is 0 Å². The first-order valence-electron chi connectivity index (χ1n) is 6.46. The first kappa shape index (κ1) is 15.0. The van der Waals surface area contributed by atoms with Gasteiger partial charge in [0.25, 0.3) is 5.91 Å². The summed E-state index contributed by atoms with van der Waals surface area (Å²) in [6, 6.07) is 5.09. The van der Waals surface area contributed by atoms with E-state index in [-0.39, 0.29) is 18.3 Å². The number of aromatic nitrogens is 5. The number of nitrogens with zero attached hydrogens (tertiary/aromatic N) is 5. The van der Waals surface area contributed by atoms with Crippen LogP contribution in [0.3, 0.4) is 0 Å². The van der Waals surface area contributed by atoms with Crippen molar-refractivity contribution in [3.05, 3.63) is 30.6 Å². The van der Waals surface area contributed by atoms with Crippen LogP contribution in [0.4, 0.5) is 11.5 Å². The molecule has 0 aliphatic heterocycles. The minimum absolute atomic E-state index is 0.0402. The number of hydrogen-bond acceptors (Lipinski definition) is 7. The van der Waals surface area contributed by atoms with Crippen LogP contribution in [0.15, 0.2) is 30.6 Å². The molecule has 0 fully saturated rings. The second-order valence-electron chi connectivity index (χ2n) is 4.90. The minimum atomic E-state index is -3.45. The fourth-order valence-corrected chi connectivity index (χ4v) is 2.52. The van der Waals surface area contributed by atoms with Crippen molar-refractivity contribution in [2.24, 2.45) is 0 Å². The van der Waals surface area contributed by atoms with Gasteiger partial charge in [-0.05, 0) is 18.2 Å². The van der Waals surface area contributed by atoms with Crippen molar-refractivity contribution >= 4 is 38.3 Å². The van der Waals surface area contributed by atoms with Gasteiger partial charge in [-0.2, -0.15) is 19.7 Å². The monoisotopic (exact) mass is 335 g/mol. The Kier molecular flexibility index (Phi) is 3.48. The van der Waals surface area contributed by atoms with Crippen LogP contribution in [0.2, 0.25) is 0 Å². The number of fused-ring (bicyclic) bond motifs is 1. The average Bonchev–Trinajstić information content (AvgIpc) is 3.03. The Balaban J connectivity index is 1.81. The molecule has 0 bridgehead atoms. The van der Waals surface area contributed by atoms with Crippen LogP contribution in [0.1, 0.15) is 4.79 Å². The predicted octanol–water partition coefficient (Wildman–Crippen LogP) is -0.0781. The van der Waals surface area contributed by atoms with E-state index in [1.54, 1.807) is 18.2 Å². The zero-order valence-electron chi connectivity index (χ0n) is 12.0. The molecule has 3 rings (SSSR count). The lowest BCUT2D eigenvalue weighted by atomic mass is 10.2. The second kappa shape index (κ2) is 5.35. The molecule has 23 heavy (non-hydrogen) atoms. The van der Waals surface area contributed by atoms with Crippen molar-refractivity contribution in [3.63, 3.8) is 0 Å². The lowest BCUT2D eigenvalue weighted by molar-refractivity contribution is 0.0870. The highest BCUT2D eigenvalue weighted by atomic mass is 32.2. The lowest BCUT2D eigenvalue weighted by Gasteiger charge is -2.02. The van der Waals surface area contributed by atoms with Crippen LogP contribution >= 0.6 is 0 Å². The Morgan fingerprint density at radius 1 is 1.30 bits per heavy atom. The van der Waals surface area contributed by atoms with E-state index in [9.17, 15) is 13.2 Å². The summed E-state index contributed by atoms with van der Waals surface area (Å²) in [6.45, 7) is -0.188. The molecule has 0 aliphatic rings. The highest BCUT2D eigenvalue weighted by Gasteiger charge is 2.14. The van der Waals surface area contributed by atoms with Crippen LogP contribution in [0.5, 0.6) is 0 Å². The fourth-order valence-electron chi connectivity index (χ4n) is 2.05. The highest BCUT2D eigenvalue weighted by Crippen LogP contribution is 2.17. The zero-order chi connectivity index (χ0) is 16.6. The molecule has 0 unspecified atom stereocenters. The van der Waals surface area contributed by atoms with E-state index in [1.807, 2.05) is 0 Å². The van der Waals surface area contributed by atoms with Crippen LogP contribution in [-0.2, 0) is 16.6 Å². The van der Waals surface area contributed by atoms with Gasteiger partial charge < -0.3 is 5.73 Å². The summed E-state index contributed by atoms with van der Waals surface area (Å²) >= 11 is 0. The lowest BCUT2D eigenvalue weighted by Crippen LogP contribution is -2.20. The molecule has 11 heteroatoms. The molecule has 10 nitrogen and oxygen atoms in total. The predicted molar refractivity (Wildman–Crippen MR) is 83.3 cm³/mol. The van der Waals surface area contributed by atoms with Crippen molar-refractivity contribution in [3.8, 4) is 0 Å². The second-order valence-corrected chi connectivity index (χ2v) is 6.65. The van der Waals surface area contributed by atoms with Crippen molar-refractivity contribution in [2.45, 2.75) is 6.54 Å². The first-order chi connectivity index (χ1) is 10.8. The van der Waals surface area contributed by atoms with Crippen LogP contribution < -0.4 is 10.5 Å². The van der Waals surface area contributed by atoms with Crippen molar-refractivity contribution in [1.82, 2.24) is 24.8 Å². The molecule has 0 saturated carbocycles. The number of benzene rings is 1. The number of anilines is 2. The van der Waals surface area contributed by atoms with Gasteiger partial charge in [-0.15, -0.1) is 5.10 Å².